The Bertz CT molecular complexity index is 1200. The number of para-hydroxylation sites is 1. The van der Waals surface area contributed by atoms with Crippen LogP contribution in [0.2, 0.25) is 5.02 Å². The molecule has 4 aromatic rings. The number of halogens is 1. The number of benzene rings is 2. The number of thioether (sulfide) groups is 1. The quantitative estimate of drug-likeness (QED) is 0.387. The maximum Gasteiger partial charge on any atom is 0.266 e. The molecule has 2 heterocycles. The summed E-state index contributed by atoms with van der Waals surface area (Å²) in [6, 6.07) is 12.9. The third kappa shape index (κ3) is 3.24. The average Bonchev–Trinajstić information content (AvgIpc) is 3.08. The summed E-state index contributed by atoms with van der Waals surface area (Å²) in [5, 5.41) is 5.86. The van der Waals surface area contributed by atoms with Gasteiger partial charge < -0.3 is 0 Å². The first-order valence-electron chi connectivity index (χ1n) is 8.29. The summed E-state index contributed by atoms with van der Waals surface area (Å²) in [5.41, 5.74) is 2.11. The van der Waals surface area contributed by atoms with Gasteiger partial charge in [-0.3, -0.25) is 14.0 Å². The third-order valence-electron chi connectivity index (χ3n) is 4.36. The molecule has 8 heteroatoms. The second-order valence-corrected chi connectivity index (χ2v) is 7.37. The molecule has 6 nitrogen and oxygen atoms in total. The Morgan fingerprint density at radius 2 is 1.96 bits per heavy atom. The molecule has 0 saturated carbocycles. The molecule has 2 aromatic heterocycles. The molecule has 0 unspecified atom stereocenters. The second-order valence-electron chi connectivity index (χ2n) is 6.02. The van der Waals surface area contributed by atoms with Crippen LogP contribution in [0.25, 0.3) is 16.6 Å². The van der Waals surface area contributed by atoms with Gasteiger partial charge in [-0.05, 0) is 36.8 Å². The highest BCUT2D eigenvalue weighted by atomic mass is 35.5. The first-order chi connectivity index (χ1) is 13.1. The molecule has 0 aliphatic heterocycles. The van der Waals surface area contributed by atoms with Gasteiger partial charge in [0, 0.05) is 12.1 Å². The Morgan fingerprint density at radius 3 is 2.74 bits per heavy atom. The second kappa shape index (κ2) is 7.17. The molecule has 0 fully saturated rings. The van der Waals surface area contributed by atoms with E-state index in [-0.39, 0.29) is 5.56 Å². The molecule has 0 aliphatic rings. The van der Waals surface area contributed by atoms with Crippen LogP contribution >= 0.6 is 23.4 Å². The van der Waals surface area contributed by atoms with Crippen LogP contribution in [-0.4, -0.2) is 24.3 Å². The minimum atomic E-state index is -0.119. The molecule has 0 radical (unpaired) electrons. The van der Waals surface area contributed by atoms with E-state index in [4.69, 9.17) is 16.6 Å². The lowest BCUT2D eigenvalue weighted by atomic mass is 10.2. The summed E-state index contributed by atoms with van der Waals surface area (Å²) in [6.07, 6.45) is 1.51. The highest BCUT2D eigenvalue weighted by molar-refractivity contribution is 7.98. The van der Waals surface area contributed by atoms with Gasteiger partial charge >= 0.3 is 0 Å². The van der Waals surface area contributed by atoms with Crippen molar-refractivity contribution in [2.75, 3.05) is 0 Å². The van der Waals surface area contributed by atoms with E-state index >= 15 is 0 Å². The van der Waals surface area contributed by atoms with Gasteiger partial charge in [0.15, 0.2) is 5.16 Å². The van der Waals surface area contributed by atoms with Crippen molar-refractivity contribution in [1.29, 1.82) is 0 Å². The first-order valence-corrected chi connectivity index (χ1v) is 9.65. The molecule has 0 amide bonds. The maximum atomic E-state index is 13.3. The van der Waals surface area contributed by atoms with Crippen molar-refractivity contribution in [2.24, 2.45) is 7.05 Å². The fourth-order valence-electron chi connectivity index (χ4n) is 2.84. The Hall–Kier alpha value is -2.64. The number of aromatic nitrogens is 5. The SMILES string of the molecule is Cc1c(Cl)cccc1-n1c(SCc2ncnn2C)nc2ccccc2c1=O. The van der Waals surface area contributed by atoms with Gasteiger partial charge in [-0.15, -0.1) is 0 Å². The lowest BCUT2D eigenvalue weighted by Gasteiger charge is -2.15. The molecular formula is C19H16ClN5OS. The highest BCUT2D eigenvalue weighted by Crippen LogP contribution is 2.27. The van der Waals surface area contributed by atoms with Crippen LogP contribution < -0.4 is 5.56 Å². The van der Waals surface area contributed by atoms with Gasteiger partial charge in [0.25, 0.3) is 5.56 Å². The molecule has 0 atom stereocenters. The van der Waals surface area contributed by atoms with Crippen molar-refractivity contribution >= 4 is 34.3 Å². The van der Waals surface area contributed by atoms with E-state index in [1.54, 1.807) is 15.3 Å². The summed E-state index contributed by atoms with van der Waals surface area (Å²) in [5.74, 6) is 1.35. The number of aryl methyl sites for hydroxylation is 1. The normalized spacial score (nSPS) is 11.2. The number of nitrogens with zero attached hydrogens (tertiary/aromatic N) is 5. The van der Waals surface area contributed by atoms with Crippen LogP contribution in [0.1, 0.15) is 11.4 Å². The number of hydrogen-bond donors (Lipinski definition) is 0. The lowest BCUT2D eigenvalue weighted by molar-refractivity contribution is 0.728. The van der Waals surface area contributed by atoms with Gasteiger partial charge in [0.1, 0.15) is 12.2 Å². The minimum absolute atomic E-state index is 0.119. The van der Waals surface area contributed by atoms with Crippen LogP contribution in [0.5, 0.6) is 0 Å². The van der Waals surface area contributed by atoms with E-state index in [0.717, 1.165) is 17.1 Å². The fourth-order valence-corrected chi connectivity index (χ4v) is 4.00. The zero-order valence-corrected chi connectivity index (χ0v) is 16.3. The molecule has 0 spiro atoms. The van der Waals surface area contributed by atoms with Crippen molar-refractivity contribution in [3.63, 3.8) is 0 Å². The summed E-state index contributed by atoms with van der Waals surface area (Å²) in [4.78, 5) is 22.3. The molecule has 0 saturated heterocycles. The van der Waals surface area contributed by atoms with Crippen molar-refractivity contribution in [3.05, 3.63) is 75.6 Å². The standard InChI is InChI=1S/C19H16ClN5OS/c1-12-14(20)7-5-9-16(12)25-18(26)13-6-3-4-8-15(13)23-19(25)27-10-17-21-11-22-24(17)2/h3-9,11H,10H2,1-2H3. The molecule has 27 heavy (non-hydrogen) atoms. The largest absolute Gasteiger partial charge is 0.268 e. The van der Waals surface area contributed by atoms with Crippen LogP contribution in [0.3, 0.4) is 0 Å². The van der Waals surface area contributed by atoms with Crippen molar-refractivity contribution < 1.29 is 0 Å². The molecule has 2 aromatic carbocycles. The number of fused-ring (bicyclic) bond motifs is 1. The zero-order chi connectivity index (χ0) is 19.0. The monoisotopic (exact) mass is 397 g/mol. The van der Waals surface area contributed by atoms with E-state index in [2.05, 4.69) is 10.1 Å². The predicted molar refractivity (Wildman–Crippen MR) is 108 cm³/mol. The van der Waals surface area contributed by atoms with Crippen LogP contribution in [0, 0.1) is 6.92 Å². The van der Waals surface area contributed by atoms with Crippen molar-refractivity contribution in [3.8, 4) is 5.69 Å². The minimum Gasteiger partial charge on any atom is -0.268 e. The third-order valence-corrected chi connectivity index (χ3v) is 5.70. The van der Waals surface area contributed by atoms with Crippen molar-refractivity contribution in [2.45, 2.75) is 17.8 Å². The van der Waals surface area contributed by atoms with E-state index in [1.165, 1.54) is 18.1 Å². The summed E-state index contributed by atoms with van der Waals surface area (Å²) in [6.45, 7) is 1.90. The average molecular weight is 398 g/mol. The van der Waals surface area contributed by atoms with Crippen LogP contribution in [0.15, 0.2) is 58.7 Å². The molecular weight excluding hydrogens is 382 g/mol. The Morgan fingerprint density at radius 1 is 1.15 bits per heavy atom. The number of rotatable bonds is 4. The molecule has 0 N–H and O–H groups in total. The van der Waals surface area contributed by atoms with Gasteiger partial charge in [-0.25, -0.2) is 9.97 Å². The molecule has 0 bridgehead atoms. The molecule has 136 valence electrons. The van der Waals surface area contributed by atoms with Gasteiger partial charge in [0.05, 0.1) is 22.3 Å². The Kier molecular flexibility index (Phi) is 4.72. The topological polar surface area (TPSA) is 65.6 Å². The lowest BCUT2D eigenvalue weighted by Crippen LogP contribution is -2.22. The van der Waals surface area contributed by atoms with E-state index < -0.39 is 0 Å². The predicted octanol–water partition coefficient (Wildman–Crippen LogP) is 3.77. The summed E-state index contributed by atoms with van der Waals surface area (Å²) < 4.78 is 3.34. The van der Waals surface area contributed by atoms with Crippen LogP contribution in [0.4, 0.5) is 0 Å². The van der Waals surface area contributed by atoms with E-state index in [0.29, 0.717) is 26.8 Å². The highest BCUT2D eigenvalue weighted by Gasteiger charge is 2.16. The van der Waals surface area contributed by atoms with Crippen LogP contribution in [-0.2, 0) is 12.8 Å². The van der Waals surface area contributed by atoms with Crippen molar-refractivity contribution in [1.82, 2.24) is 24.3 Å². The van der Waals surface area contributed by atoms with Gasteiger partial charge in [-0.2, -0.15) is 5.10 Å². The first kappa shape index (κ1) is 17.8. The summed E-state index contributed by atoms with van der Waals surface area (Å²) in [7, 11) is 1.84. The maximum absolute atomic E-state index is 13.3. The number of hydrogen-bond acceptors (Lipinski definition) is 5. The molecule has 0 aliphatic carbocycles. The zero-order valence-electron chi connectivity index (χ0n) is 14.8. The van der Waals surface area contributed by atoms with E-state index in [9.17, 15) is 4.79 Å². The molecule has 4 rings (SSSR count). The van der Waals surface area contributed by atoms with Gasteiger partial charge in [-0.1, -0.05) is 41.6 Å². The van der Waals surface area contributed by atoms with E-state index in [1.807, 2.05) is 50.4 Å². The smallest absolute Gasteiger partial charge is 0.266 e. The fraction of sp³-hybridized carbons (Fsp3) is 0.158. The van der Waals surface area contributed by atoms with Gasteiger partial charge in [0.2, 0.25) is 0 Å². The summed E-state index contributed by atoms with van der Waals surface area (Å²) >= 11 is 7.74. The Labute approximate surface area is 164 Å². The Balaban J connectivity index is 1.92.